The number of ether oxygens (including phenoxy) is 1. The molecule has 3 rings (SSSR count). The van der Waals surface area contributed by atoms with Crippen LogP contribution in [0.2, 0.25) is 0 Å². The van der Waals surface area contributed by atoms with E-state index in [9.17, 15) is 9.18 Å². The zero-order valence-electron chi connectivity index (χ0n) is 13.9. The van der Waals surface area contributed by atoms with Gasteiger partial charge in [0.05, 0.1) is 12.3 Å². The maximum absolute atomic E-state index is 13.7. The van der Waals surface area contributed by atoms with Crippen molar-refractivity contribution in [2.24, 2.45) is 0 Å². The fourth-order valence-electron chi connectivity index (χ4n) is 2.29. The third kappa shape index (κ3) is 3.85. The van der Waals surface area contributed by atoms with E-state index in [1.807, 2.05) is 30.3 Å². The van der Waals surface area contributed by atoms with Crippen LogP contribution in [0.3, 0.4) is 0 Å². The molecule has 0 spiro atoms. The number of aromatic nitrogens is 1. The molecular weight excluding hydrogens is 339 g/mol. The van der Waals surface area contributed by atoms with Crippen molar-refractivity contribution in [1.29, 1.82) is 0 Å². The average molecular weight is 356 g/mol. The van der Waals surface area contributed by atoms with E-state index < -0.39 is 5.97 Å². The molecule has 0 amide bonds. The van der Waals surface area contributed by atoms with Gasteiger partial charge in [0.2, 0.25) is 0 Å². The van der Waals surface area contributed by atoms with Crippen LogP contribution >= 0.6 is 11.3 Å². The van der Waals surface area contributed by atoms with Crippen molar-refractivity contribution in [3.63, 3.8) is 0 Å². The highest BCUT2D eigenvalue weighted by Gasteiger charge is 2.20. The molecule has 25 heavy (non-hydrogen) atoms. The Kier molecular flexibility index (Phi) is 5.09. The van der Waals surface area contributed by atoms with E-state index >= 15 is 0 Å². The largest absolute Gasteiger partial charge is 0.462 e. The highest BCUT2D eigenvalue weighted by molar-refractivity contribution is 7.18. The second kappa shape index (κ2) is 7.44. The Balaban J connectivity index is 1.97. The van der Waals surface area contributed by atoms with Gasteiger partial charge in [-0.15, -0.1) is 0 Å². The Morgan fingerprint density at radius 1 is 1.24 bits per heavy atom. The monoisotopic (exact) mass is 356 g/mol. The van der Waals surface area contributed by atoms with Gasteiger partial charge < -0.3 is 10.1 Å². The molecule has 0 bridgehead atoms. The van der Waals surface area contributed by atoms with Crippen LogP contribution in [0.1, 0.15) is 22.2 Å². The zero-order valence-corrected chi connectivity index (χ0v) is 14.7. The number of nitrogens with one attached hydrogen (secondary N) is 1. The molecule has 0 unspecified atom stereocenters. The normalized spacial score (nSPS) is 10.5. The molecule has 0 radical (unpaired) electrons. The summed E-state index contributed by atoms with van der Waals surface area (Å²) in [6.07, 6.45) is 0. The van der Waals surface area contributed by atoms with Gasteiger partial charge >= 0.3 is 5.97 Å². The Morgan fingerprint density at radius 3 is 2.68 bits per heavy atom. The number of carbonyl (C=O) groups is 1. The van der Waals surface area contributed by atoms with E-state index in [1.54, 1.807) is 26.0 Å². The van der Waals surface area contributed by atoms with Gasteiger partial charge in [0.25, 0.3) is 0 Å². The molecule has 4 nitrogen and oxygen atoms in total. The van der Waals surface area contributed by atoms with E-state index in [2.05, 4.69) is 10.3 Å². The van der Waals surface area contributed by atoms with Crippen LogP contribution in [0.25, 0.3) is 11.3 Å². The number of rotatable bonds is 5. The first-order valence-corrected chi connectivity index (χ1v) is 8.66. The Hall–Kier alpha value is -2.73. The number of halogens is 1. The number of benzene rings is 2. The molecule has 1 aromatic heterocycles. The van der Waals surface area contributed by atoms with Crippen molar-refractivity contribution in [2.45, 2.75) is 13.8 Å². The fraction of sp³-hybridized carbons (Fsp3) is 0.158. The van der Waals surface area contributed by atoms with Crippen LogP contribution in [0.5, 0.6) is 0 Å². The summed E-state index contributed by atoms with van der Waals surface area (Å²) in [5.41, 5.74) is 2.53. The molecule has 2 aromatic carbocycles. The number of thiazole rings is 1. The minimum atomic E-state index is -0.415. The van der Waals surface area contributed by atoms with Crippen LogP contribution in [0, 0.1) is 12.7 Å². The molecular formula is C19H17FN2O2S. The average Bonchev–Trinajstić information content (AvgIpc) is 3.03. The molecule has 0 atom stereocenters. The lowest BCUT2D eigenvalue weighted by molar-refractivity contribution is 0.0532. The second-order valence-electron chi connectivity index (χ2n) is 5.37. The molecule has 0 aliphatic rings. The van der Waals surface area contributed by atoms with Crippen molar-refractivity contribution < 1.29 is 13.9 Å². The first kappa shape index (κ1) is 17.1. The summed E-state index contributed by atoms with van der Waals surface area (Å²) in [6.45, 7) is 3.75. The van der Waals surface area contributed by atoms with E-state index in [1.165, 1.54) is 17.4 Å². The molecule has 1 N–H and O–H groups in total. The SMILES string of the molecule is CCOC(=O)c1sc(Nc2ccc(C)c(F)c2)nc1-c1ccccc1. The zero-order chi connectivity index (χ0) is 17.8. The summed E-state index contributed by atoms with van der Waals surface area (Å²) in [6, 6.07) is 14.3. The van der Waals surface area contributed by atoms with Crippen LogP contribution in [-0.4, -0.2) is 17.6 Å². The summed E-state index contributed by atoms with van der Waals surface area (Å²) in [5.74, 6) is -0.711. The highest BCUT2D eigenvalue weighted by atomic mass is 32.1. The van der Waals surface area contributed by atoms with Gasteiger partial charge in [-0.05, 0) is 31.5 Å². The van der Waals surface area contributed by atoms with Gasteiger partial charge in [-0.25, -0.2) is 14.2 Å². The highest BCUT2D eigenvalue weighted by Crippen LogP contribution is 2.33. The van der Waals surface area contributed by atoms with Crippen molar-refractivity contribution in [3.8, 4) is 11.3 Å². The van der Waals surface area contributed by atoms with Gasteiger partial charge in [-0.3, -0.25) is 0 Å². The smallest absolute Gasteiger partial charge is 0.350 e. The summed E-state index contributed by atoms with van der Waals surface area (Å²) in [5, 5.41) is 3.56. The summed E-state index contributed by atoms with van der Waals surface area (Å²) >= 11 is 1.19. The van der Waals surface area contributed by atoms with Crippen LogP contribution in [-0.2, 0) is 4.74 Å². The number of hydrogen-bond acceptors (Lipinski definition) is 5. The lowest BCUT2D eigenvalue weighted by Gasteiger charge is -2.03. The number of nitrogens with zero attached hydrogens (tertiary/aromatic N) is 1. The number of esters is 1. The van der Waals surface area contributed by atoms with E-state index in [4.69, 9.17) is 4.74 Å². The third-order valence-corrected chi connectivity index (χ3v) is 4.51. The fourth-order valence-corrected chi connectivity index (χ4v) is 3.20. The number of hydrogen-bond donors (Lipinski definition) is 1. The number of aryl methyl sites for hydroxylation is 1. The van der Waals surface area contributed by atoms with Gasteiger partial charge in [0.15, 0.2) is 5.13 Å². The maximum Gasteiger partial charge on any atom is 0.350 e. The van der Waals surface area contributed by atoms with Crippen LogP contribution in [0.15, 0.2) is 48.5 Å². The standard InChI is InChI=1S/C19H17FN2O2S/c1-3-24-18(23)17-16(13-7-5-4-6-8-13)22-19(25-17)21-14-10-9-12(2)15(20)11-14/h4-11H,3H2,1-2H3,(H,21,22). The third-order valence-electron chi connectivity index (χ3n) is 3.56. The molecule has 0 aliphatic carbocycles. The Bertz CT molecular complexity index is 894. The predicted octanol–water partition coefficient (Wildman–Crippen LogP) is 5.18. The van der Waals surface area contributed by atoms with E-state index in [-0.39, 0.29) is 12.4 Å². The molecule has 0 saturated carbocycles. The van der Waals surface area contributed by atoms with Gasteiger partial charge in [0.1, 0.15) is 10.7 Å². The van der Waals surface area contributed by atoms with E-state index in [0.717, 1.165) is 5.56 Å². The lowest BCUT2D eigenvalue weighted by atomic mass is 10.1. The molecule has 128 valence electrons. The van der Waals surface area contributed by atoms with E-state index in [0.29, 0.717) is 27.0 Å². The van der Waals surface area contributed by atoms with Gasteiger partial charge in [-0.1, -0.05) is 47.7 Å². The Labute approximate surface area is 149 Å². The molecule has 1 heterocycles. The molecule has 3 aromatic rings. The number of carbonyl (C=O) groups excluding carboxylic acids is 1. The lowest BCUT2D eigenvalue weighted by Crippen LogP contribution is -2.03. The van der Waals surface area contributed by atoms with Gasteiger partial charge in [0, 0.05) is 11.3 Å². The maximum atomic E-state index is 13.7. The van der Waals surface area contributed by atoms with Crippen molar-refractivity contribution in [2.75, 3.05) is 11.9 Å². The molecule has 6 heteroatoms. The summed E-state index contributed by atoms with van der Waals surface area (Å²) in [7, 11) is 0. The quantitative estimate of drug-likeness (QED) is 0.640. The van der Waals surface area contributed by atoms with Crippen molar-refractivity contribution in [3.05, 3.63) is 64.8 Å². The first-order chi connectivity index (χ1) is 12.1. The molecule has 0 saturated heterocycles. The first-order valence-electron chi connectivity index (χ1n) is 7.85. The molecule has 0 fully saturated rings. The topological polar surface area (TPSA) is 51.2 Å². The second-order valence-corrected chi connectivity index (χ2v) is 6.37. The molecule has 0 aliphatic heterocycles. The minimum absolute atomic E-state index is 0.289. The minimum Gasteiger partial charge on any atom is -0.462 e. The van der Waals surface area contributed by atoms with Gasteiger partial charge in [-0.2, -0.15) is 0 Å². The van der Waals surface area contributed by atoms with Crippen LogP contribution < -0.4 is 5.32 Å². The predicted molar refractivity (Wildman–Crippen MR) is 97.9 cm³/mol. The van der Waals surface area contributed by atoms with Crippen molar-refractivity contribution >= 4 is 28.1 Å². The van der Waals surface area contributed by atoms with Crippen LogP contribution in [0.4, 0.5) is 15.2 Å². The van der Waals surface area contributed by atoms with Crippen molar-refractivity contribution in [1.82, 2.24) is 4.98 Å². The number of anilines is 2. The Morgan fingerprint density at radius 2 is 2.00 bits per heavy atom. The summed E-state index contributed by atoms with van der Waals surface area (Å²) < 4.78 is 18.9. The summed E-state index contributed by atoms with van der Waals surface area (Å²) in [4.78, 5) is 17.2.